The fourth-order valence-electron chi connectivity index (χ4n) is 1.54. The summed E-state index contributed by atoms with van der Waals surface area (Å²) in [6.45, 7) is -0.635. The Balaban J connectivity index is 2.23. The number of nitrogen functional groups attached to an aromatic ring is 1. The molecule has 8 heteroatoms. The van der Waals surface area contributed by atoms with E-state index in [2.05, 4.69) is 4.98 Å². The van der Waals surface area contributed by atoms with Crippen LogP contribution in [0.15, 0.2) is 17.1 Å². The largest absolute Gasteiger partial charge is 0.392 e. The van der Waals surface area contributed by atoms with Crippen LogP contribution in [0.5, 0.6) is 0 Å². The van der Waals surface area contributed by atoms with Crippen LogP contribution in [0.1, 0.15) is 6.23 Å². The molecule has 1 fully saturated rings. The molecular weight excluding hydrogens is 246 g/mol. The van der Waals surface area contributed by atoms with E-state index >= 15 is 0 Å². The molecule has 1 saturated heterocycles. The minimum absolute atomic E-state index is 0.146. The minimum Gasteiger partial charge on any atom is -0.392 e. The van der Waals surface area contributed by atoms with Gasteiger partial charge in [0.1, 0.15) is 12.0 Å². The Morgan fingerprint density at radius 1 is 1.65 bits per heavy atom. The Hall–Kier alpha value is -1.09. The van der Waals surface area contributed by atoms with Crippen LogP contribution in [0.25, 0.3) is 0 Å². The first kappa shape index (κ1) is 12.4. The molecule has 0 spiro atoms. The van der Waals surface area contributed by atoms with Crippen LogP contribution in [0, 0.1) is 0 Å². The maximum absolute atomic E-state index is 11.6. The molecule has 1 atom stereocenters. The second kappa shape index (κ2) is 4.65. The van der Waals surface area contributed by atoms with Crippen LogP contribution in [0.2, 0.25) is 0 Å². The number of aliphatic hydroxyl groups is 2. The predicted molar refractivity (Wildman–Crippen MR) is 62.4 cm³/mol. The van der Waals surface area contributed by atoms with Gasteiger partial charge in [-0.1, -0.05) is 0 Å². The van der Waals surface area contributed by atoms with Gasteiger partial charge >= 0.3 is 5.69 Å². The first-order valence-corrected chi connectivity index (χ1v) is 5.97. The maximum atomic E-state index is 11.6. The predicted octanol–water partition coefficient (Wildman–Crippen LogP) is -1.23. The summed E-state index contributed by atoms with van der Waals surface area (Å²) >= 11 is 1.26. The van der Waals surface area contributed by atoms with E-state index in [1.54, 1.807) is 0 Å². The van der Waals surface area contributed by atoms with E-state index in [0.717, 1.165) is 0 Å². The number of ether oxygens (including phenoxy) is 1. The monoisotopic (exact) mass is 259 g/mol. The number of hydrogen-bond acceptors (Lipinski definition) is 7. The average molecular weight is 259 g/mol. The summed E-state index contributed by atoms with van der Waals surface area (Å²) in [6.07, 6.45) is 0.931. The number of thioether (sulfide) groups is 1. The van der Waals surface area contributed by atoms with Crippen molar-refractivity contribution in [3.63, 3.8) is 0 Å². The van der Waals surface area contributed by atoms with Gasteiger partial charge in [0.25, 0.3) is 0 Å². The molecule has 0 saturated carbocycles. The minimum atomic E-state index is -1.05. The number of anilines is 1. The van der Waals surface area contributed by atoms with Gasteiger partial charge in [0.2, 0.25) is 0 Å². The smallest absolute Gasteiger partial charge is 0.351 e. The summed E-state index contributed by atoms with van der Waals surface area (Å²) in [6, 6.07) is 1.49. The van der Waals surface area contributed by atoms with Gasteiger partial charge in [0.05, 0.1) is 13.2 Å². The third-order valence-electron chi connectivity index (χ3n) is 2.48. The van der Waals surface area contributed by atoms with Crippen LogP contribution in [-0.2, 0) is 4.74 Å². The Labute approximate surface area is 101 Å². The standard InChI is InChI=1S/C9H13N3O4S/c10-6-1-2-12(8(15)11-6)7-3-17-9(4-13,5-14)16-7/h1-2,7,13-14H,3-5H2,(H2,10,11,15). The molecule has 17 heavy (non-hydrogen) atoms. The van der Waals surface area contributed by atoms with Crippen molar-refractivity contribution in [3.8, 4) is 0 Å². The molecule has 4 N–H and O–H groups in total. The summed E-state index contributed by atoms with van der Waals surface area (Å²) in [7, 11) is 0. The molecule has 0 radical (unpaired) electrons. The summed E-state index contributed by atoms with van der Waals surface area (Å²) in [4.78, 5) is 14.1. The van der Waals surface area contributed by atoms with Gasteiger partial charge < -0.3 is 20.7 Å². The lowest BCUT2D eigenvalue weighted by Crippen LogP contribution is -2.36. The normalized spacial score (nSPS) is 22.8. The molecule has 94 valence electrons. The molecule has 0 aromatic carbocycles. The van der Waals surface area contributed by atoms with Gasteiger partial charge in [-0.15, -0.1) is 11.8 Å². The number of nitrogens with zero attached hydrogens (tertiary/aromatic N) is 2. The van der Waals surface area contributed by atoms with Crippen molar-refractivity contribution in [1.82, 2.24) is 9.55 Å². The first-order chi connectivity index (χ1) is 8.10. The Morgan fingerprint density at radius 3 is 2.88 bits per heavy atom. The zero-order valence-corrected chi connectivity index (χ0v) is 9.76. The highest BCUT2D eigenvalue weighted by Crippen LogP contribution is 2.39. The number of aromatic nitrogens is 2. The highest BCUT2D eigenvalue weighted by atomic mass is 32.2. The molecule has 0 amide bonds. The zero-order chi connectivity index (χ0) is 12.5. The second-order valence-corrected chi connectivity index (χ2v) is 5.02. The molecule has 2 rings (SSSR count). The van der Waals surface area contributed by atoms with E-state index in [9.17, 15) is 4.79 Å². The van der Waals surface area contributed by atoms with Gasteiger partial charge in [-0.05, 0) is 6.07 Å². The Kier molecular flexibility index (Phi) is 3.38. The number of nitrogens with two attached hydrogens (primary N) is 1. The quantitative estimate of drug-likeness (QED) is 0.623. The molecule has 1 aliphatic rings. The molecule has 1 aromatic heterocycles. The second-order valence-electron chi connectivity index (χ2n) is 3.65. The molecule has 1 aliphatic heterocycles. The summed E-state index contributed by atoms with van der Waals surface area (Å²) in [5.74, 6) is 0.597. The molecule has 7 nitrogen and oxygen atoms in total. The molecule has 0 aliphatic carbocycles. The average Bonchev–Trinajstić information content (AvgIpc) is 2.74. The van der Waals surface area contributed by atoms with Crippen molar-refractivity contribution in [3.05, 3.63) is 22.7 Å². The van der Waals surface area contributed by atoms with Crippen molar-refractivity contribution < 1.29 is 14.9 Å². The van der Waals surface area contributed by atoms with Crippen molar-refractivity contribution in [2.24, 2.45) is 0 Å². The van der Waals surface area contributed by atoms with Gasteiger partial charge in [0, 0.05) is 11.9 Å². The highest BCUT2D eigenvalue weighted by Gasteiger charge is 2.41. The highest BCUT2D eigenvalue weighted by molar-refractivity contribution is 8.00. The Bertz CT molecular complexity index is 460. The van der Waals surface area contributed by atoms with Crippen molar-refractivity contribution in [2.75, 3.05) is 24.7 Å². The Morgan fingerprint density at radius 2 is 2.35 bits per heavy atom. The van der Waals surface area contributed by atoms with Gasteiger partial charge in [-0.3, -0.25) is 4.57 Å². The van der Waals surface area contributed by atoms with Gasteiger partial charge in [-0.25, -0.2) is 4.79 Å². The molecule has 1 aromatic rings. The van der Waals surface area contributed by atoms with E-state index < -0.39 is 16.9 Å². The fraction of sp³-hybridized carbons (Fsp3) is 0.556. The number of aliphatic hydroxyl groups excluding tert-OH is 2. The van der Waals surface area contributed by atoms with Gasteiger partial charge in [-0.2, -0.15) is 4.98 Å². The van der Waals surface area contributed by atoms with Crippen LogP contribution in [-0.4, -0.2) is 43.7 Å². The molecular formula is C9H13N3O4S. The lowest BCUT2D eigenvalue weighted by Gasteiger charge is -2.23. The number of rotatable bonds is 3. The summed E-state index contributed by atoms with van der Waals surface area (Å²) in [5, 5.41) is 18.3. The third-order valence-corrected chi connectivity index (χ3v) is 3.82. The fourth-order valence-corrected chi connectivity index (χ4v) is 2.57. The van der Waals surface area contributed by atoms with E-state index in [1.165, 1.54) is 28.6 Å². The first-order valence-electron chi connectivity index (χ1n) is 4.98. The zero-order valence-electron chi connectivity index (χ0n) is 8.94. The summed E-state index contributed by atoms with van der Waals surface area (Å²) in [5.41, 5.74) is 4.87. The maximum Gasteiger partial charge on any atom is 0.351 e. The van der Waals surface area contributed by atoms with Crippen LogP contribution >= 0.6 is 11.8 Å². The van der Waals surface area contributed by atoms with Crippen LogP contribution in [0.4, 0.5) is 5.82 Å². The molecule has 2 heterocycles. The van der Waals surface area contributed by atoms with Crippen molar-refractivity contribution in [1.29, 1.82) is 0 Å². The summed E-state index contributed by atoms with van der Waals surface area (Å²) < 4.78 is 6.79. The topological polar surface area (TPSA) is 111 Å². The number of hydrogen-bond donors (Lipinski definition) is 3. The molecule has 0 bridgehead atoms. The van der Waals surface area contributed by atoms with Crippen LogP contribution < -0.4 is 11.4 Å². The van der Waals surface area contributed by atoms with E-state index in [-0.39, 0.29) is 19.0 Å². The van der Waals surface area contributed by atoms with Crippen molar-refractivity contribution >= 4 is 17.6 Å². The SMILES string of the molecule is Nc1ccn(C2CSC(CO)(CO)O2)c(=O)n1. The van der Waals surface area contributed by atoms with Crippen LogP contribution in [0.3, 0.4) is 0 Å². The third kappa shape index (κ3) is 2.29. The molecule has 1 unspecified atom stereocenters. The van der Waals surface area contributed by atoms with E-state index in [4.69, 9.17) is 20.7 Å². The van der Waals surface area contributed by atoms with E-state index in [1.807, 2.05) is 0 Å². The lowest BCUT2D eigenvalue weighted by atomic mass is 10.4. The van der Waals surface area contributed by atoms with E-state index in [0.29, 0.717) is 5.75 Å². The van der Waals surface area contributed by atoms with Gasteiger partial charge in [0.15, 0.2) is 4.93 Å². The lowest BCUT2D eigenvalue weighted by molar-refractivity contribution is -0.0923. The van der Waals surface area contributed by atoms with Crippen molar-refractivity contribution in [2.45, 2.75) is 11.2 Å².